The normalized spacial score (nSPS) is 11.0. The maximum atomic E-state index is 8.13. The summed E-state index contributed by atoms with van der Waals surface area (Å²) in [7, 11) is 0. The second kappa shape index (κ2) is 19.5. The highest BCUT2D eigenvalue weighted by Crippen LogP contribution is 2.37. The number of nitrogens with two attached hydrogens (primary N) is 1. The van der Waals surface area contributed by atoms with Crippen LogP contribution in [-0.4, -0.2) is 10.3 Å². The van der Waals surface area contributed by atoms with E-state index in [-0.39, 0.29) is 0 Å². The number of allylic oxidation sites excluding steroid dienone is 1. The first kappa shape index (κ1) is 40.9. The van der Waals surface area contributed by atoms with Gasteiger partial charge < -0.3 is 15.7 Å². The summed E-state index contributed by atoms with van der Waals surface area (Å²) in [5.74, 6) is 0. The van der Waals surface area contributed by atoms with E-state index in [9.17, 15) is 0 Å². The van der Waals surface area contributed by atoms with Crippen LogP contribution in [0.25, 0.3) is 55.4 Å². The lowest BCUT2D eigenvalue weighted by molar-refractivity contribution is 0.920. The number of fused-ring (bicyclic) bond motifs is 3. The maximum Gasteiger partial charge on any atom is 0.0632 e. The average Bonchev–Trinajstić information content (AvgIpc) is 3.61. The van der Waals surface area contributed by atoms with E-state index in [1.807, 2.05) is 60.7 Å². The van der Waals surface area contributed by atoms with Gasteiger partial charge in [-0.05, 0) is 114 Å². The molecule has 8 aromatic carbocycles. The Morgan fingerprint density at radius 2 is 1.13 bits per heavy atom. The zero-order chi connectivity index (χ0) is 41.8. The minimum absolute atomic E-state index is 0.412. The molecule has 0 spiro atoms. The third-order valence-electron chi connectivity index (χ3n) is 10.8. The highest BCUT2D eigenvalue weighted by atomic mass is 15.0. The summed E-state index contributed by atoms with van der Waals surface area (Å²) in [5.41, 5.74) is 23.0. The maximum absolute atomic E-state index is 8.13. The van der Waals surface area contributed by atoms with Crippen LogP contribution in [0.15, 0.2) is 206 Å². The van der Waals surface area contributed by atoms with Crippen molar-refractivity contribution in [2.24, 2.45) is 5.73 Å². The molecule has 3 heteroatoms. The largest absolute Gasteiger partial charge is 0.398 e. The van der Waals surface area contributed by atoms with E-state index < -0.39 is 0 Å². The summed E-state index contributed by atoms with van der Waals surface area (Å²) < 4.78 is 2.38. The third-order valence-corrected chi connectivity index (χ3v) is 10.8. The van der Waals surface area contributed by atoms with Crippen LogP contribution < -0.4 is 5.73 Å². The Hall–Kier alpha value is -7.23. The van der Waals surface area contributed by atoms with Gasteiger partial charge >= 0.3 is 0 Å². The quantitative estimate of drug-likeness (QED) is 0.148. The molecule has 60 heavy (non-hydrogen) atoms. The first-order valence-corrected chi connectivity index (χ1v) is 20.8. The molecule has 9 aromatic rings. The Bertz CT molecular complexity index is 2850. The van der Waals surface area contributed by atoms with Crippen molar-refractivity contribution in [2.75, 3.05) is 0 Å². The minimum atomic E-state index is 0.412. The number of rotatable bonds is 8. The van der Waals surface area contributed by atoms with Gasteiger partial charge in [0.1, 0.15) is 0 Å². The lowest BCUT2D eigenvalue weighted by Gasteiger charge is -2.12. The predicted molar refractivity (Wildman–Crippen MR) is 258 cm³/mol. The molecule has 0 saturated heterocycles. The van der Waals surface area contributed by atoms with Crippen LogP contribution >= 0.6 is 0 Å². The van der Waals surface area contributed by atoms with Crippen LogP contribution in [-0.2, 0) is 6.42 Å². The number of aryl methyl sites for hydroxylation is 4. The summed E-state index contributed by atoms with van der Waals surface area (Å²) in [6.45, 7) is 8.75. The average molecular weight is 780 g/mol. The monoisotopic (exact) mass is 779 g/mol. The van der Waals surface area contributed by atoms with Gasteiger partial charge in [-0.15, -0.1) is 0 Å². The fourth-order valence-corrected chi connectivity index (χ4v) is 7.73. The molecule has 0 radical (unpaired) electrons. The number of hydrogen-bond donors (Lipinski definition) is 2. The van der Waals surface area contributed by atoms with E-state index >= 15 is 0 Å². The molecule has 0 aliphatic heterocycles. The van der Waals surface area contributed by atoms with Crippen molar-refractivity contribution in [3.05, 3.63) is 240 Å². The van der Waals surface area contributed by atoms with E-state index in [0.29, 0.717) is 11.4 Å². The predicted octanol–water partition coefficient (Wildman–Crippen LogP) is 14.7. The molecule has 0 fully saturated rings. The van der Waals surface area contributed by atoms with Gasteiger partial charge in [0.25, 0.3) is 0 Å². The summed E-state index contributed by atoms with van der Waals surface area (Å²) in [5, 5.41) is 10.7. The van der Waals surface area contributed by atoms with Crippen LogP contribution in [0.1, 0.15) is 46.7 Å². The van der Waals surface area contributed by atoms with Crippen molar-refractivity contribution >= 4 is 33.2 Å². The summed E-state index contributed by atoms with van der Waals surface area (Å²) >= 11 is 0. The van der Waals surface area contributed by atoms with Crippen LogP contribution in [0.4, 0.5) is 0 Å². The molecule has 296 valence electrons. The Kier molecular flexibility index (Phi) is 13.3. The van der Waals surface area contributed by atoms with E-state index in [4.69, 9.17) is 11.1 Å². The first-order chi connectivity index (χ1) is 29.3. The fraction of sp³-hybridized carbons (Fsp3) is 0.105. The molecule has 3 N–H and O–H groups in total. The van der Waals surface area contributed by atoms with Crippen LogP contribution in [0.3, 0.4) is 0 Å². The molecule has 1 aromatic heterocycles. The Morgan fingerprint density at radius 1 is 0.517 bits per heavy atom. The van der Waals surface area contributed by atoms with Gasteiger partial charge in [-0.3, -0.25) is 0 Å². The Morgan fingerprint density at radius 3 is 1.82 bits per heavy atom. The number of para-hydroxylation sites is 2. The number of nitrogens with one attached hydrogen (secondary N) is 1. The lowest BCUT2D eigenvalue weighted by atomic mass is 9.95. The van der Waals surface area contributed by atoms with Gasteiger partial charge in [0.2, 0.25) is 0 Å². The number of benzene rings is 8. The van der Waals surface area contributed by atoms with E-state index in [1.165, 1.54) is 79.3 Å². The van der Waals surface area contributed by atoms with Gasteiger partial charge in [-0.1, -0.05) is 189 Å². The number of aromatic nitrogens is 1. The molecule has 0 amide bonds. The van der Waals surface area contributed by atoms with Crippen LogP contribution in [0, 0.1) is 26.2 Å². The molecular weight excluding hydrogens is 727 g/mol. The van der Waals surface area contributed by atoms with Gasteiger partial charge in [-0.2, -0.15) is 0 Å². The van der Waals surface area contributed by atoms with Crippen molar-refractivity contribution < 1.29 is 0 Å². The molecule has 9 rings (SSSR count). The minimum Gasteiger partial charge on any atom is -0.398 e. The topological polar surface area (TPSA) is 54.8 Å². The summed E-state index contributed by atoms with van der Waals surface area (Å²) in [6, 6.07) is 69.3. The van der Waals surface area contributed by atoms with E-state index in [1.54, 1.807) is 6.08 Å². The zero-order valence-electron chi connectivity index (χ0n) is 35.1. The summed E-state index contributed by atoms with van der Waals surface area (Å²) in [4.78, 5) is 0. The molecule has 1 heterocycles. The van der Waals surface area contributed by atoms with Crippen LogP contribution in [0.5, 0.6) is 0 Å². The first-order valence-electron chi connectivity index (χ1n) is 20.8. The van der Waals surface area contributed by atoms with E-state index in [2.05, 4.69) is 172 Å². The van der Waals surface area contributed by atoms with Gasteiger partial charge in [0.15, 0.2) is 0 Å². The number of nitrogens with zero attached hydrogens (tertiary/aromatic N) is 1. The Labute approximate surface area is 355 Å². The second-order valence-corrected chi connectivity index (χ2v) is 15.2. The highest BCUT2D eigenvalue weighted by molar-refractivity contribution is 6.11. The molecule has 0 saturated carbocycles. The third kappa shape index (κ3) is 9.72. The standard InChI is InChI=1S/C26H21N.C21H18N2.C10H14/c1-18-10-6-7-13-21(18)23-17-26-24(16-19(23)2)22-14-8-9-15-25(22)27(26)20-11-4-3-5-12-20;22-20(18-9-5-2-6-10-18)15-21(23)19-13-11-17(12-14-19)16-7-3-1-4-8-16;1-3-5-10-7-4-6-9(2)8-10/h3-17H,1-2H3;1-15,22H,23H2;4,6-8H,3,5H2,1-2H3/b;21-15-,22-20?;. The second-order valence-electron chi connectivity index (χ2n) is 15.2. The molecule has 0 unspecified atom stereocenters. The Balaban J connectivity index is 0.000000150. The molecule has 0 atom stereocenters. The molecule has 0 bridgehead atoms. The highest BCUT2D eigenvalue weighted by Gasteiger charge is 2.15. The lowest BCUT2D eigenvalue weighted by Crippen LogP contribution is -2.02. The SMILES string of the molecule is CCCc1cccc(C)c1.Cc1ccccc1-c1cc2c(cc1C)c1ccccc1n2-c1ccccc1.N=C(/C=C(\N)c1ccc(-c2ccccc2)cc1)c1ccccc1. The van der Waals surface area contributed by atoms with Gasteiger partial charge in [-0.25, -0.2) is 0 Å². The molecule has 0 aliphatic carbocycles. The van der Waals surface area contributed by atoms with Gasteiger partial charge in [0.05, 0.1) is 16.7 Å². The number of hydrogen-bond acceptors (Lipinski definition) is 2. The molecule has 0 aliphatic rings. The van der Waals surface area contributed by atoms with Crippen LogP contribution in [0.2, 0.25) is 0 Å². The summed E-state index contributed by atoms with van der Waals surface area (Å²) in [6.07, 6.45) is 4.15. The molecule has 3 nitrogen and oxygen atoms in total. The molecular formula is C57H53N3. The smallest absolute Gasteiger partial charge is 0.0632 e. The fourth-order valence-electron chi connectivity index (χ4n) is 7.73. The van der Waals surface area contributed by atoms with Crippen molar-refractivity contribution in [1.29, 1.82) is 5.41 Å². The van der Waals surface area contributed by atoms with Crippen molar-refractivity contribution in [2.45, 2.75) is 40.5 Å². The van der Waals surface area contributed by atoms with Crippen molar-refractivity contribution in [3.63, 3.8) is 0 Å². The van der Waals surface area contributed by atoms with E-state index in [0.717, 1.165) is 16.7 Å². The van der Waals surface area contributed by atoms with Crippen molar-refractivity contribution in [3.8, 4) is 27.9 Å². The van der Waals surface area contributed by atoms with Gasteiger partial charge in [0, 0.05) is 22.2 Å². The zero-order valence-corrected chi connectivity index (χ0v) is 35.1. The van der Waals surface area contributed by atoms with Crippen molar-refractivity contribution in [1.82, 2.24) is 4.57 Å².